The van der Waals surface area contributed by atoms with Gasteiger partial charge in [0.15, 0.2) is 0 Å². The van der Waals surface area contributed by atoms with Crippen LogP contribution in [0.15, 0.2) is 18.2 Å². The van der Waals surface area contributed by atoms with Crippen molar-refractivity contribution in [2.24, 2.45) is 0 Å². The van der Waals surface area contributed by atoms with Crippen LogP contribution in [0.1, 0.15) is 22.8 Å². The first kappa shape index (κ1) is 32.2. The second-order valence-corrected chi connectivity index (χ2v) is 2.54. The first-order chi connectivity index (χ1) is 9.91. The molecular weight excluding hydrogens is 348 g/mol. The maximum Gasteiger partial charge on any atom is 0 e. The maximum absolute atomic E-state index is 12.1. The van der Waals surface area contributed by atoms with Crippen LogP contribution in [0.25, 0.3) is 0 Å². The molecule has 0 amide bonds. The fourth-order valence-electron chi connectivity index (χ4n) is 0.846. The SMILES string of the molecule is CC(=O)c1[c-]ccc(C(F)(F)F)c1.[C-]#[O+].[C-]#[O+].[C-]#[O+].[C-]#[O+].[Mn]. The Morgan fingerprint density at radius 1 is 1.05 bits per heavy atom. The normalized spacial score (nSPS) is 7.09. The van der Waals surface area contributed by atoms with Gasteiger partial charge in [0.25, 0.3) is 0 Å². The summed E-state index contributed by atoms with van der Waals surface area (Å²) in [6.07, 6.45) is -4.40. The molecule has 0 aromatic heterocycles. The summed E-state index contributed by atoms with van der Waals surface area (Å²) < 4.78 is 66.3. The third-order valence-electron chi connectivity index (χ3n) is 1.51. The molecule has 0 aliphatic carbocycles. The van der Waals surface area contributed by atoms with E-state index in [4.69, 9.17) is 18.6 Å². The molecule has 117 valence electrons. The van der Waals surface area contributed by atoms with Crippen molar-refractivity contribution in [2.75, 3.05) is 0 Å². The maximum atomic E-state index is 12.1. The summed E-state index contributed by atoms with van der Waals surface area (Å²) in [5, 5.41) is 0. The Balaban J connectivity index is -0.0000000932. The van der Waals surface area contributed by atoms with E-state index in [2.05, 4.69) is 32.7 Å². The van der Waals surface area contributed by atoms with Crippen LogP contribution in [0, 0.1) is 32.7 Å². The number of Topliss-reactive ketones (excluding diaryl/α,β-unsaturated/α-hetero) is 1. The summed E-state index contributed by atoms with van der Waals surface area (Å²) in [6, 6.07) is 5.20. The molecule has 0 spiro atoms. The number of alkyl halides is 3. The van der Waals surface area contributed by atoms with E-state index < -0.39 is 17.5 Å². The van der Waals surface area contributed by atoms with Crippen LogP contribution < -0.4 is 0 Å². The van der Waals surface area contributed by atoms with Crippen molar-refractivity contribution in [1.29, 1.82) is 0 Å². The molecule has 0 saturated carbocycles. The fraction of sp³-hybridized carbons (Fsp3) is 0.154. The van der Waals surface area contributed by atoms with Gasteiger partial charge in [-0.1, -0.05) is 0 Å². The van der Waals surface area contributed by atoms with Crippen molar-refractivity contribution in [2.45, 2.75) is 13.1 Å². The topological polar surface area (TPSA) is 96.7 Å². The summed E-state index contributed by atoms with van der Waals surface area (Å²) in [6.45, 7) is 19.2. The van der Waals surface area contributed by atoms with Crippen molar-refractivity contribution in [3.63, 3.8) is 0 Å². The van der Waals surface area contributed by atoms with Crippen molar-refractivity contribution in [1.82, 2.24) is 0 Å². The molecule has 0 atom stereocenters. The van der Waals surface area contributed by atoms with Gasteiger partial charge in [-0.25, -0.2) is 0 Å². The number of hydrogen-bond donors (Lipinski definition) is 0. The van der Waals surface area contributed by atoms with Gasteiger partial charge in [-0.05, 0) is 12.5 Å². The quantitative estimate of drug-likeness (QED) is 0.329. The molecule has 0 heterocycles. The predicted molar refractivity (Wildman–Crippen MR) is 56.0 cm³/mol. The molecule has 0 aliphatic heterocycles. The molecule has 22 heavy (non-hydrogen) atoms. The zero-order chi connectivity index (χ0) is 18.1. The molecule has 0 bridgehead atoms. The molecule has 1 rings (SSSR count). The van der Waals surface area contributed by atoms with Crippen molar-refractivity contribution in [3.8, 4) is 0 Å². The van der Waals surface area contributed by atoms with Crippen molar-refractivity contribution >= 4 is 5.78 Å². The minimum absolute atomic E-state index is 0. The fourth-order valence-corrected chi connectivity index (χ4v) is 0.846. The summed E-state index contributed by atoms with van der Waals surface area (Å²) in [4.78, 5) is 10.7. The van der Waals surface area contributed by atoms with Gasteiger partial charge in [0.2, 0.25) is 0 Å². The molecule has 9 heteroatoms. The summed E-state index contributed by atoms with van der Waals surface area (Å²) in [5.41, 5.74) is -0.869. The Kier molecular flexibility index (Phi) is 31.4. The summed E-state index contributed by atoms with van der Waals surface area (Å²) >= 11 is 0. The molecule has 1 aromatic carbocycles. The van der Waals surface area contributed by atoms with Crippen LogP contribution in [0.3, 0.4) is 0 Å². The van der Waals surface area contributed by atoms with Crippen molar-refractivity contribution in [3.05, 3.63) is 62.0 Å². The molecule has 0 aliphatic rings. The third kappa shape index (κ3) is 16.2. The number of halogens is 3. The van der Waals surface area contributed by atoms with E-state index in [1.165, 1.54) is 6.92 Å². The van der Waals surface area contributed by atoms with E-state index in [0.717, 1.165) is 18.2 Å². The van der Waals surface area contributed by atoms with E-state index in [0.29, 0.717) is 0 Å². The van der Waals surface area contributed by atoms with E-state index in [1.807, 2.05) is 0 Å². The predicted octanol–water partition coefficient (Wildman–Crippen LogP) is 2.56. The van der Waals surface area contributed by atoms with Gasteiger partial charge in [-0.2, -0.15) is 13.2 Å². The minimum Gasteiger partial charge on any atom is 0 e. The molecule has 0 N–H and O–H groups in total. The molecule has 0 saturated heterocycles. The number of benzene rings is 1. The van der Waals surface area contributed by atoms with Crippen LogP contribution in [0.5, 0.6) is 0 Å². The zero-order valence-corrected chi connectivity index (χ0v) is 12.0. The van der Waals surface area contributed by atoms with Gasteiger partial charge < -0.3 is 4.79 Å². The van der Waals surface area contributed by atoms with Gasteiger partial charge >= 0.3 is 51.4 Å². The molecule has 0 unspecified atom stereocenters. The third-order valence-corrected chi connectivity index (χ3v) is 1.51. The van der Waals surface area contributed by atoms with Crippen molar-refractivity contribution < 1.29 is 53.6 Å². The van der Waals surface area contributed by atoms with Crippen LogP contribution in [-0.4, -0.2) is 5.78 Å². The van der Waals surface area contributed by atoms with Crippen LogP contribution in [0.2, 0.25) is 0 Å². The number of rotatable bonds is 1. The number of ketones is 1. The second kappa shape index (κ2) is 21.5. The largest absolute Gasteiger partial charge is 0 e. The molecule has 0 fully saturated rings. The Morgan fingerprint density at radius 2 is 1.41 bits per heavy atom. The molecule has 5 nitrogen and oxygen atoms in total. The standard InChI is InChI=1S/C9H6F3O.4CO.Mn/c1-6(13)7-3-2-4-8(5-7)9(10,11)12;4*1-2;/h2,4-5H,1H3;;;;;/q-1;;;;;. The van der Waals surface area contributed by atoms with Gasteiger partial charge in [0.1, 0.15) is 0 Å². The summed E-state index contributed by atoms with van der Waals surface area (Å²) in [5.74, 6) is -0.425. The van der Waals surface area contributed by atoms with Gasteiger partial charge in [-0.15, -0.1) is 29.8 Å². The average Bonchev–Trinajstić information content (AvgIpc) is 2.54. The van der Waals surface area contributed by atoms with Gasteiger partial charge in [0, 0.05) is 17.1 Å². The first-order valence-corrected chi connectivity index (χ1v) is 4.33. The van der Waals surface area contributed by atoms with E-state index in [-0.39, 0.29) is 22.6 Å². The monoisotopic (exact) mass is 354 g/mol. The summed E-state index contributed by atoms with van der Waals surface area (Å²) in [7, 11) is 0. The van der Waals surface area contributed by atoms with Gasteiger partial charge in [-0.3, -0.25) is 0 Å². The van der Waals surface area contributed by atoms with E-state index in [9.17, 15) is 18.0 Å². The van der Waals surface area contributed by atoms with Crippen LogP contribution in [-0.2, 0) is 41.9 Å². The Hall–Kier alpha value is -1.84. The number of hydrogen-bond acceptors (Lipinski definition) is 1. The number of carbonyl (C=O) groups excluding carboxylic acids is 1. The number of carbonyl (C=O) groups is 1. The Morgan fingerprint density at radius 3 is 1.68 bits per heavy atom. The van der Waals surface area contributed by atoms with Crippen LogP contribution in [0.4, 0.5) is 13.2 Å². The first-order valence-electron chi connectivity index (χ1n) is 4.33. The second-order valence-electron chi connectivity index (χ2n) is 2.54. The Bertz CT molecular complexity index is 466. The zero-order valence-electron chi connectivity index (χ0n) is 10.8. The Labute approximate surface area is 135 Å². The molecular formula is C13H6F3MnO5-. The van der Waals surface area contributed by atoms with E-state index in [1.54, 1.807) is 0 Å². The average molecular weight is 354 g/mol. The van der Waals surface area contributed by atoms with Crippen LogP contribution >= 0.6 is 0 Å². The molecule has 1 radical (unpaired) electrons. The van der Waals surface area contributed by atoms with Gasteiger partial charge in [0.05, 0.1) is 5.78 Å². The minimum atomic E-state index is -4.40. The smallest absolute Gasteiger partial charge is 0 e. The molecule has 1 aromatic rings. The van der Waals surface area contributed by atoms with E-state index >= 15 is 0 Å².